The van der Waals surface area contributed by atoms with Crippen LogP contribution in [0.15, 0.2) is 45.3 Å². The van der Waals surface area contributed by atoms with Crippen LogP contribution >= 0.6 is 31.9 Å². The third-order valence-corrected chi connectivity index (χ3v) is 4.05. The second-order valence-electron chi connectivity index (χ2n) is 4.29. The molecular formula is C15H13Br2NO2. The Morgan fingerprint density at radius 3 is 2.45 bits per heavy atom. The summed E-state index contributed by atoms with van der Waals surface area (Å²) in [6, 6.07) is 11.0. The van der Waals surface area contributed by atoms with E-state index in [2.05, 4.69) is 37.2 Å². The molecule has 2 aromatic rings. The number of hydrogen-bond donors (Lipinski definition) is 1. The van der Waals surface area contributed by atoms with Crippen LogP contribution in [0.2, 0.25) is 0 Å². The standard InChI is InChI=1S/C15H13Br2NO2/c1-9-3-5-11(12(16)7-9)15(19)18-10-4-6-14(20-2)13(17)8-10/h3-8H,1-2H3,(H,18,19). The molecule has 1 amide bonds. The molecule has 0 fully saturated rings. The maximum atomic E-state index is 12.2. The summed E-state index contributed by atoms with van der Waals surface area (Å²) in [7, 11) is 1.60. The van der Waals surface area contributed by atoms with Crippen LogP contribution in [0, 0.1) is 6.92 Å². The predicted molar refractivity (Wildman–Crippen MR) is 87.5 cm³/mol. The van der Waals surface area contributed by atoms with E-state index in [1.54, 1.807) is 31.4 Å². The van der Waals surface area contributed by atoms with Gasteiger partial charge < -0.3 is 10.1 Å². The van der Waals surface area contributed by atoms with E-state index < -0.39 is 0 Å². The van der Waals surface area contributed by atoms with Crippen LogP contribution < -0.4 is 10.1 Å². The van der Waals surface area contributed by atoms with Crippen LogP contribution in [-0.2, 0) is 0 Å². The fourth-order valence-electron chi connectivity index (χ4n) is 1.75. The molecule has 0 heterocycles. The van der Waals surface area contributed by atoms with Gasteiger partial charge in [-0.3, -0.25) is 4.79 Å². The fraction of sp³-hybridized carbons (Fsp3) is 0.133. The van der Waals surface area contributed by atoms with Crippen molar-refractivity contribution in [3.8, 4) is 5.75 Å². The number of methoxy groups -OCH3 is 1. The molecule has 0 saturated carbocycles. The minimum absolute atomic E-state index is 0.158. The molecule has 104 valence electrons. The molecule has 0 aromatic heterocycles. The van der Waals surface area contributed by atoms with Crippen LogP contribution in [0.3, 0.4) is 0 Å². The zero-order valence-corrected chi connectivity index (χ0v) is 14.2. The van der Waals surface area contributed by atoms with E-state index in [4.69, 9.17) is 4.74 Å². The molecule has 3 nitrogen and oxygen atoms in total. The summed E-state index contributed by atoms with van der Waals surface area (Å²) in [6.45, 7) is 1.98. The number of aryl methyl sites for hydroxylation is 1. The number of halogens is 2. The quantitative estimate of drug-likeness (QED) is 0.807. The van der Waals surface area contributed by atoms with Crippen molar-refractivity contribution < 1.29 is 9.53 Å². The van der Waals surface area contributed by atoms with Crippen molar-refractivity contribution in [2.75, 3.05) is 12.4 Å². The Hall–Kier alpha value is -1.33. The number of rotatable bonds is 3. The topological polar surface area (TPSA) is 38.3 Å². The summed E-state index contributed by atoms with van der Waals surface area (Å²) in [5.74, 6) is 0.563. The van der Waals surface area contributed by atoms with E-state index in [1.165, 1.54) is 0 Å². The maximum absolute atomic E-state index is 12.2. The Morgan fingerprint density at radius 2 is 1.85 bits per heavy atom. The molecule has 0 bridgehead atoms. The minimum atomic E-state index is -0.158. The van der Waals surface area contributed by atoms with E-state index in [0.717, 1.165) is 20.3 Å². The molecular weight excluding hydrogens is 386 g/mol. The zero-order chi connectivity index (χ0) is 14.7. The summed E-state index contributed by atoms with van der Waals surface area (Å²) in [5.41, 5.74) is 2.40. The van der Waals surface area contributed by atoms with Gasteiger partial charge in [0, 0.05) is 10.2 Å². The summed E-state index contributed by atoms with van der Waals surface area (Å²) >= 11 is 6.80. The van der Waals surface area contributed by atoms with Crippen LogP contribution in [0.1, 0.15) is 15.9 Å². The highest BCUT2D eigenvalue weighted by Crippen LogP contribution is 2.28. The Labute approximate surface area is 134 Å². The number of anilines is 1. The van der Waals surface area contributed by atoms with E-state index >= 15 is 0 Å². The van der Waals surface area contributed by atoms with E-state index in [9.17, 15) is 4.79 Å². The molecule has 1 N–H and O–H groups in total. The van der Waals surface area contributed by atoms with Gasteiger partial charge in [-0.2, -0.15) is 0 Å². The third-order valence-electron chi connectivity index (χ3n) is 2.78. The number of benzene rings is 2. The highest BCUT2D eigenvalue weighted by molar-refractivity contribution is 9.10. The van der Waals surface area contributed by atoms with Gasteiger partial charge in [-0.25, -0.2) is 0 Å². The SMILES string of the molecule is COc1ccc(NC(=O)c2ccc(C)cc2Br)cc1Br. The molecule has 5 heteroatoms. The van der Waals surface area contributed by atoms with Crippen molar-refractivity contribution in [1.29, 1.82) is 0 Å². The Bertz CT molecular complexity index is 656. The third kappa shape index (κ3) is 3.41. The van der Waals surface area contributed by atoms with Crippen molar-refractivity contribution in [2.45, 2.75) is 6.92 Å². The number of carbonyl (C=O) groups is 1. The number of hydrogen-bond acceptors (Lipinski definition) is 2. The molecule has 0 saturated heterocycles. The predicted octanol–water partition coefficient (Wildman–Crippen LogP) is 4.78. The van der Waals surface area contributed by atoms with Crippen molar-refractivity contribution in [3.63, 3.8) is 0 Å². The largest absolute Gasteiger partial charge is 0.496 e. The normalized spacial score (nSPS) is 10.2. The van der Waals surface area contributed by atoms with Gasteiger partial charge in [0.15, 0.2) is 0 Å². The second kappa shape index (κ2) is 6.41. The summed E-state index contributed by atoms with van der Waals surface area (Å²) < 4.78 is 6.73. The van der Waals surface area contributed by atoms with Gasteiger partial charge in [-0.1, -0.05) is 6.07 Å². The lowest BCUT2D eigenvalue weighted by Crippen LogP contribution is -2.12. The van der Waals surface area contributed by atoms with Gasteiger partial charge in [0.1, 0.15) is 5.75 Å². The molecule has 0 spiro atoms. The zero-order valence-electron chi connectivity index (χ0n) is 11.0. The van der Waals surface area contributed by atoms with Crippen LogP contribution in [-0.4, -0.2) is 13.0 Å². The first-order chi connectivity index (χ1) is 9.51. The van der Waals surface area contributed by atoms with E-state index in [0.29, 0.717) is 11.3 Å². The molecule has 0 unspecified atom stereocenters. The maximum Gasteiger partial charge on any atom is 0.256 e. The average Bonchev–Trinajstić information content (AvgIpc) is 2.38. The molecule has 20 heavy (non-hydrogen) atoms. The molecule has 2 rings (SSSR count). The van der Waals surface area contributed by atoms with Gasteiger partial charge >= 0.3 is 0 Å². The van der Waals surface area contributed by atoms with Crippen molar-refractivity contribution >= 4 is 43.5 Å². The van der Waals surface area contributed by atoms with Crippen LogP contribution in [0.25, 0.3) is 0 Å². The van der Waals surface area contributed by atoms with Gasteiger partial charge in [0.2, 0.25) is 0 Å². The molecule has 0 aliphatic carbocycles. The summed E-state index contributed by atoms with van der Waals surface area (Å²) in [4.78, 5) is 12.2. The lowest BCUT2D eigenvalue weighted by Gasteiger charge is -2.09. The number of ether oxygens (including phenoxy) is 1. The number of nitrogens with one attached hydrogen (secondary N) is 1. The Kier molecular flexibility index (Phi) is 4.83. The van der Waals surface area contributed by atoms with Gasteiger partial charge in [-0.05, 0) is 74.7 Å². The molecule has 0 aliphatic rings. The lowest BCUT2D eigenvalue weighted by atomic mass is 10.1. The van der Waals surface area contributed by atoms with Gasteiger partial charge in [-0.15, -0.1) is 0 Å². The Morgan fingerprint density at radius 1 is 1.10 bits per heavy atom. The lowest BCUT2D eigenvalue weighted by molar-refractivity contribution is 0.102. The minimum Gasteiger partial charge on any atom is -0.496 e. The molecule has 0 atom stereocenters. The van der Waals surface area contributed by atoms with E-state index in [-0.39, 0.29) is 5.91 Å². The Balaban J connectivity index is 2.21. The first-order valence-corrected chi connectivity index (χ1v) is 7.51. The van der Waals surface area contributed by atoms with Gasteiger partial charge in [0.25, 0.3) is 5.91 Å². The highest BCUT2D eigenvalue weighted by Gasteiger charge is 2.11. The number of carbonyl (C=O) groups excluding carboxylic acids is 1. The van der Waals surface area contributed by atoms with Crippen molar-refractivity contribution in [3.05, 3.63) is 56.5 Å². The van der Waals surface area contributed by atoms with Crippen molar-refractivity contribution in [2.24, 2.45) is 0 Å². The highest BCUT2D eigenvalue weighted by atomic mass is 79.9. The van der Waals surface area contributed by atoms with Crippen LogP contribution in [0.5, 0.6) is 5.75 Å². The first kappa shape index (κ1) is 15.1. The summed E-state index contributed by atoms with van der Waals surface area (Å²) in [5, 5.41) is 2.86. The molecule has 2 aromatic carbocycles. The smallest absolute Gasteiger partial charge is 0.256 e. The monoisotopic (exact) mass is 397 g/mol. The fourth-order valence-corrected chi connectivity index (χ4v) is 2.96. The van der Waals surface area contributed by atoms with Crippen molar-refractivity contribution in [1.82, 2.24) is 0 Å². The second-order valence-corrected chi connectivity index (χ2v) is 6.00. The molecule has 0 radical (unpaired) electrons. The number of amides is 1. The first-order valence-electron chi connectivity index (χ1n) is 5.92. The van der Waals surface area contributed by atoms with Crippen LogP contribution in [0.4, 0.5) is 5.69 Å². The molecule has 0 aliphatic heterocycles. The van der Waals surface area contributed by atoms with Gasteiger partial charge in [0.05, 0.1) is 17.1 Å². The van der Waals surface area contributed by atoms with E-state index in [1.807, 2.05) is 19.1 Å². The summed E-state index contributed by atoms with van der Waals surface area (Å²) in [6.07, 6.45) is 0. The average molecular weight is 399 g/mol.